The summed E-state index contributed by atoms with van der Waals surface area (Å²) in [7, 11) is 0. The Morgan fingerprint density at radius 1 is 0.488 bits per heavy atom. The number of fused-ring (bicyclic) bond motifs is 4. The number of para-hydroxylation sites is 2. The molecule has 0 unspecified atom stereocenters. The molecule has 0 saturated carbocycles. The SMILES string of the molecule is Cc1ccc2c(c1)N(c1ccccc1)c1cc(Nc3ccc4c(c3)N(c3ccccc3)c3cc(I)ccc3N4)ccc1N2. The molecule has 6 heteroatoms. The summed E-state index contributed by atoms with van der Waals surface area (Å²) in [5.74, 6) is 0. The van der Waals surface area contributed by atoms with E-state index in [2.05, 4.69) is 189 Å². The minimum absolute atomic E-state index is 1.02. The van der Waals surface area contributed by atoms with Crippen LogP contribution in [-0.4, -0.2) is 0 Å². The Bertz CT molecular complexity index is 1850. The molecule has 43 heavy (non-hydrogen) atoms. The van der Waals surface area contributed by atoms with Crippen molar-refractivity contribution in [1.82, 2.24) is 0 Å². The summed E-state index contributed by atoms with van der Waals surface area (Å²) in [4.78, 5) is 4.67. The van der Waals surface area contributed by atoms with Crippen LogP contribution in [0.15, 0.2) is 133 Å². The molecule has 2 aliphatic rings. The third-order valence-electron chi connectivity index (χ3n) is 7.93. The summed E-state index contributed by atoms with van der Waals surface area (Å²) < 4.78 is 1.19. The number of benzene rings is 6. The van der Waals surface area contributed by atoms with Gasteiger partial charge in [0, 0.05) is 26.3 Å². The van der Waals surface area contributed by atoms with Crippen molar-refractivity contribution in [2.24, 2.45) is 0 Å². The summed E-state index contributed by atoms with van der Waals surface area (Å²) in [6, 6.07) is 47.2. The van der Waals surface area contributed by atoms with Crippen LogP contribution in [0.25, 0.3) is 0 Å². The lowest BCUT2D eigenvalue weighted by Gasteiger charge is -2.35. The first kappa shape index (κ1) is 25.7. The van der Waals surface area contributed by atoms with Gasteiger partial charge < -0.3 is 25.8 Å². The first-order chi connectivity index (χ1) is 21.1. The van der Waals surface area contributed by atoms with Crippen molar-refractivity contribution in [2.75, 3.05) is 25.8 Å². The molecule has 0 amide bonds. The molecule has 208 valence electrons. The second-order valence-electron chi connectivity index (χ2n) is 10.9. The molecule has 0 aliphatic carbocycles. The Balaban J connectivity index is 1.19. The number of hydrogen-bond acceptors (Lipinski definition) is 5. The first-order valence-electron chi connectivity index (χ1n) is 14.3. The Morgan fingerprint density at radius 3 is 1.47 bits per heavy atom. The molecule has 2 heterocycles. The van der Waals surface area contributed by atoms with Crippen molar-refractivity contribution < 1.29 is 0 Å². The van der Waals surface area contributed by atoms with Crippen LogP contribution < -0.4 is 25.8 Å². The minimum Gasteiger partial charge on any atom is -0.355 e. The zero-order valence-corrected chi connectivity index (χ0v) is 25.6. The van der Waals surface area contributed by atoms with Crippen LogP contribution in [0.1, 0.15) is 5.56 Å². The molecule has 0 spiro atoms. The molecule has 0 fully saturated rings. The maximum absolute atomic E-state index is 3.71. The van der Waals surface area contributed by atoms with Crippen molar-refractivity contribution in [3.8, 4) is 0 Å². The Labute approximate surface area is 265 Å². The lowest BCUT2D eigenvalue weighted by molar-refractivity contribution is 1.24. The molecule has 6 aromatic carbocycles. The predicted molar refractivity (Wildman–Crippen MR) is 190 cm³/mol. The Kier molecular flexibility index (Phi) is 6.22. The van der Waals surface area contributed by atoms with Crippen LogP contribution in [0.2, 0.25) is 0 Å². The van der Waals surface area contributed by atoms with Gasteiger partial charge in [0.1, 0.15) is 0 Å². The monoisotopic (exact) mass is 669 g/mol. The van der Waals surface area contributed by atoms with E-state index in [0.717, 1.165) is 68.2 Å². The first-order valence-corrected chi connectivity index (χ1v) is 15.4. The van der Waals surface area contributed by atoms with Gasteiger partial charge in [-0.25, -0.2) is 0 Å². The second kappa shape index (κ2) is 10.4. The van der Waals surface area contributed by atoms with Gasteiger partial charge in [-0.05, 0) is 126 Å². The number of hydrogen-bond donors (Lipinski definition) is 3. The number of nitrogens with one attached hydrogen (secondary N) is 3. The van der Waals surface area contributed by atoms with Crippen molar-refractivity contribution >= 4 is 90.8 Å². The molecular formula is C37H28IN5. The molecule has 0 aromatic heterocycles. The van der Waals surface area contributed by atoms with Crippen LogP contribution in [0.4, 0.5) is 68.2 Å². The van der Waals surface area contributed by atoms with Crippen LogP contribution in [0, 0.1) is 10.5 Å². The Hall–Kier alpha value is -4.95. The molecule has 0 radical (unpaired) electrons. The number of halogens is 1. The molecule has 3 N–H and O–H groups in total. The third-order valence-corrected chi connectivity index (χ3v) is 8.60. The van der Waals surface area contributed by atoms with Gasteiger partial charge in [0.2, 0.25) is 0 Å². The predicted octanol–water partition coefficient (Wildman–Crippen LogP) is 11.4. The number of nitrogens with zero attached hydrogens (tertiary/aromatic N) is 2. The normalized spacial score (nSPS) is 12.7. The molecule has 0 saturated heterocycles. The van der Waals surface area contributed by atoms with Gasteiger partial charge in [0.15, 0.2) is 0 Å². The fourth-order valence-corrected chi connectivity index (χ4v) is 6.43. The number of rotatable bonds is 4. The van der Waals surface area contributed by atoms with Gasteiger partial charge in [-0.3, -0.25) is 0 Å². The summed E-state index contributed by atoms with van der Waals surface area (Å²) in [5.41, 5.74) is 14.3. The van der Waals surface area contributed by atoms with E-state index in [9.17, 15) is 0 Å². The van der Waals surface area contributed by atoms with Crippen molar-refractivity contribution in [3.63, 3.8) is 0 Å². The zero-order valence-electron chi connectivity index (χ0n) is 23.5. The fourth-order valence-electron chi connectivity index (χ4n) is 5.95. The highest BCUT2D eigenvalue weighted by Crippen LogP contribution is 2.51. The van der Waals surface area contributed by atoms with E-state index in [4.69, 9.17) is 0 Å². The molecule has 8 rings (SSSR count). The number of anilines is 12. The second-order valence-corrected chi connectivity index (χ2v) is 12.1. The number of aryl methyl sites for hydroxylation is 1. The molecule has 2 aliphatic heterocycles. The van der Waals surface area contributed by atoms with Crippen molar-refractivity contribution in [3.05, 3.63) is 143 Å². The highest BCUT2D eigenvalue weighted by molar-refractivity contribution is 14.1. The highest BCUT2D eigenvalue weighted by Gasteiger charge is 2.26. The molecule has 0 atom stereocenters. The van der Waals surface area contributed by atoms with Crippen molar-refractivity contribution in [1.29, 1.82) is 0 Å². The van der Waals surface area contributed by atoms with Crippen LogP contribution in [0.5, 0.6) is 0 Å². The van der Waals surface area contributed by atoms with Crippen LogP contribution in [-0.2, 0) is 0 Å². The van der Waals surface area contributed by atoms with Gasteiger partial charge >= 0.3 is 0 Å². The van der Waals surface area contributed by atoms with E-state index in [1.807, 2.05) is 0 Å². The Morgan fingerprint density at radius 2 is 0.930 bits per heavy atom. The van der Waals surface area contributed by atoms with Gasteiger partial charge in [-0.15, -0.1) is 0 Å². The average molecular weight is 670 g/mol. The summed E-state index contributed by atoms with van der Waals surface area (Å²) in [6.07, 6.45) is 0. The van der Waals surface area contributed by atoms with Crippen LogP contribution in [0.3, 0.4) is 0 Å². The minimum atomic E-state index is 1.02. The fraction of sp³-hybridized carbons (Fsp3) is 0.0270. The quantitative estimate of drug-likeness (QED) is 0.163. The van der Waals surface area contributed by atoms with Gasteiger partial charge in [-0.2, -0.15) is 0 Å². The highest BCUT2D eigenvalue weighted by atomic mass is 127. The van der Waals surface area contributed by atoms with Gasteiger partial charge in [-0.1, -0.05) is 42.5 Å². The summed E-state index contributed by atoms with van der Waals surface area (Å²) in [6.45, 7) is 2.14. The van der Waals surface area contributed by atoms with Gasteiger partial charge in [0.05, 0.1) is 45.5 Å². The molecule has 6 aromatic rings. The average Bonchev–Trinajstić information content (AvgIpc) is 3.03. The maximum atomic E-state index is 3.71. The lowest BCUT2D eigenvalue weighted by atomic mass is 10.1. The summed E-state index contributed by atoms with van der Waals surface area (Å²) >= 11 is 2.39. The summed E-state index contributed by atoms with van der Waals surface area (Å²) in [5, 5.41) is 11.0. The van der Waals surface area contributed by atoms with Crippen molar-refractivity contribution in [2.45, 2.75) is 6.92 Å². The molecular weight excluding hydrogens is 641 g/mol. The van der Waals surface area contributed by atoms with E-state index >= 15 is 0 Å². The van der Waals surface area contributed by atoms with E-state index in [0.29, 0.717) is 0 Å². The lowest BCUT2D eigenvalue weighted by Crippen LogP contribution is -2.18. The van der Waals surface area contributed by atoms with E-state index < -0.39 is 0 Å². The van der Waals surface area contributed by atoms with Gasteiger partial charge in [0.25, 0.3) is 0 Å². The largest absolute Gasteiger partial charge is 0.355 e. The maximum Gasteiger partial charge on any atom is 0.0718 e. The topological polar surface area (TPSA) is 42.6 Å². The molecule has 0 bridgehead atoms. The standard InChI is InChI=1S/C37H28IN5/c1-24-12-16-30-34(20-24)42(28-8-4-2-5-9-28)36-22-26(14-18-32(36)40-30)39-27-15-19-33-37(23-27)43(29-10-6-3-7-11-29)35-21-25(38)13-17-31(35)41-33/h2-23,39-41H,1H3. The smallest absolute Gasteiger partial charge is 0.0718 e. The van der Waals surface area contributed by atoms with E-state index in [1.54, 1.807) is 0 Å². The molecule has 5 nitrogen and oxygen atoms in total. The zero-order chi connectivity index (χ0) is 28.9. The van der Waals surface area contributed by atoms with E-state index in [-0.39, 0.29) is 0 Å². The van der Waals surface area contributed by atoms with E-state index in [1.165, 1.54) is 9.13 Å². The third kappa shape index (κ3) is 4.64. The van der Waals surface area contributed by atoms with Crippen LogP contribution >= 0.6 is 22.6 Å².